The summed E-state index contributed by atoms with van der Waals surface area (Å²) in [6, 6.07) is -1.38. The van der Waals surface area contributed by atoms with Crippen molar-refractivity contribution in [1.82, 2.24) is 5.32 Å². The zero-order valence-corrected chi connectivity index (χ0v) is 45.8. The van der Waals surface area contributed by atoms with Crippen LogP contribution in [-0.2, 0) is 47.5 Å². The average molecular weight is 1120 g/mol. The number of carboxylic acid groups (broad SMARTS) is 1. The molecular formula is C54H87NO23. The van der Waals surface area contributed by atoms with Gasteiger partial charge >= 0.3 is 5.97 Å². The summed E-state index contributed by atoms with van der Waals surface area (Å²) in [7, 11) is 0. The number of allylic oxidation sites excluding steroid dienone is 1. The molecule has 24 heteroatoms. The number of aliphatic carboxylic acids is 1. The predicted octanol–water partition coefficient (Wildman–Crippen LogP) is -2.11. The van der Waals surface area contributed by atoms with E-state index in [0.29, 0.717) is 44.9 Å². The van der Waals surface area contributed by atoms with Crippen molar-refractivity contribution in [3.8, 4) is 0 Å². The number of amides is 1. The molecule has 0 bridgehead atoms. The highest BCUT2D eigenvalue weighted by molar-refractivity contribution is 5.78. The van der Waals surface area contributed by atoms with Crippen molar-refractivity contribution in [3.05, 3.63) is 11.6 Å². The third kappa shape index (κ3) is 9.72. The molecule has 28 atom stereocenters. The number of hydrogen-bond acceptors (Lipinski definition) is 22. The maximum absolute atomic E-state index is 13.3. The number of hydrogen-bond donors (Lipinski definition) is 14. The second-order valence-electron chi connectivity index (χ2n) is 26.3. The molecule has 9 rings (SSSR count). The second kappa shape index (κ2) is 21.8. The molecule has 446 valence electrons. The molecule has 78 heavy (non-hydrogen) atoms. The topological polar surface area (TPSA) is 383 Å². The van der Waals surface area contributed by atoms with Crippen LogP contribution in [0.1, 0.15) is 107 Å². The van der Waals surface area contributed by atoms with Crippen molar-refractivity contribution < 1.29 is 114 Å². The van der Waals surface area contributed by atoms with Crippen LogP contribution in [0.2, 0.25) is 0 Å². The first kappa shape index (κ1) is 60.5. The molecule has 0 radical (unpaired) electrons. The van der Waals surface area contributed by atoms with Gasteiger partial charge in [0.2, 0.25) is 5.91 Å². The Bertz CT molecular complexity index is 2200. The van der Waals surface area contributed by atoms with E-state index in [0.717, 1.165) is 5.57 Å². The van der Waals surface area contributed by atoms with E-state index >= 15 is 0 Å². The number of aliphatic hydroxyl groups excluding tert-OH is 12. The van der Waals surface area contributed by atoms with Crippen LogP contribution in [-0.4, -0.2) is 234 Å². The molecule has 8 fully saturated rings. The van der Waals surface area contributed by atoms with Gasteiger partial charge in [-0.15, -0.1) is 0 Å². The van der Waals surface area contributed by atoms with E-state index in [2.05, 4.69) is 52.9 Å². The van der Waals surface area contributed by atoms with Crippen LogP contribution >= 0.6 is 0 Å². The number of aliphatic hydroxyl groups is 12. The summed E-state index contributed by atoms with van der Waals surface area (Å²) in [5.41, 5.74) is -3.28. The van der Waals surface area contributed by atoms with Gasteiger partial charge in [0.1, 0.15) is 90.8 Å². The third-order valence-corrected chi connectivity index (χ3v) is 21.2. The zero-order chi connectivity index (χ0) is 57.1. The van der Waals surface area contributed by atoms with Gasteiger partial charge in [-0.25, -0.2) is 0 Å². The lowest BCUT2D eigenvalue weighted by Crippen LogP contribution is -2.72. The molecule has 0 aromatic heterocycles. The van der Waals surface area contributed by atoms with Crippen LogP contribution in [0, 0.1) is 50.2 Å². The van der Waals surface area contributed by atoms with Crippen molar-refractivity contribution in [2.75, 3.05) is 26.4 Å². The number of carbonyl (C=O) groups is 2. The Morgan fingerprint density at radius 2 is 1.29 bits per heavy atom. The van der Waals surface area contributed by atoms with Gasteiger partial charge in [0, 0.05) is 12.3 Å². The first-order chi connectivity index (χ1) is 36.4. The Kier molecular flexibility index (Phi) is 16.9. The second-order valence-corrected chi connectivity index (χ2v) is 26.3. The molecule has 5 aliphatic carbocycles. The molecule has 28 unspecified atom stereocenters. The molecule has 4 heterocycles. The van der Waals surface area contributed by atoms with E-state index in [1.165, 1.54) is 6.92 Å². The first-order valence-electron chi connectivity index (χ1n) is 27.8. The Balaban J connectivity index is 0.983. The number of carbonyl (C=O) groups excluding carboxylic acids is 1. The monoisotopic (exact) mass is 1120 g/mol. The lowest BCUT2D eigenvalue weighted by atomic mass is 9.32. The summed E-state index contributed by atoms with van der Waals surface area (Å²) in [4.78, 5) is 26.3. The minimum absolute atomic E-state index is 0.0153. The molecule has 1 amide bonds. The summed E-state index contributed by atoms with van der Waals surface area (Å²) >= 11 is 0. The number of carboxylic acids is 1. The fourth-order valence-electron chi connectivity index (χ4n) is 16.6. The van der Waals surface area contributed by atoms with Crippen molar-refractivity contribution in [3.63, 3.8) is 0 Å². The number of ether oxygens (including phenoxy) is 8. The minimum Gasteiger partial charge on any atom is -0.481 e. The van der Waals surface area contributed by atoms with E-state index in [-0.39, 0.29) is 29.1 Å². The molecule has 0 spiro atoms. The predicted molar refractivity (Wildman–Crippen MR) is 266 cm³/mol. The van der Waals surface area contributed by atoms with Crippen LogP contribution in [0.5, 0.6) is 0 Å². The molecular weight excluding hydrogens is 1030 g/mol. The molecule has 14 N–H and O–H groups in total. The number of fused-ring (bicyclic) bond motifs is 7. The van der Waals surface area contributed by atoms with Gasteiger partial charge in [0.05, 0.1) is 44.7 Å². The van der Waals surface area contributed by atoms with Crippen LogP contribution in [0.3, 0.4) is 0 Å². The van der Waals surface area contributed by atoms with E-state index < -0.39 is 195 Å². The summed E-state index contributed by atoms with van der Waals surface area (Å²) < 4.78 is 48.3. The van der Waals surface area contributed by atoms with Gasteiger partial charge < -0.3 is 110 Å². The summed E-state index contributed by atoms with van der Waals surface area (Å²) in [5.74, 6) is -2.17. The van der Waals surface area contributed by atoms with Gasteiger partial charge in [-0.05, 0) is 90.8 Å². The fraction of sp³-hybridized carbons (Fsp3) is 0.926. The largest absolute Gasteiger partial charge is 0.481 e. The van der Waals surface area contributed by atoms with E-state index in [4.69, 9.17) is 37.9 Å². The maximum Gasteiger partial charge on any atom is 0.313 e. The van der Waals surface area contributed by atoms with Crippen molar-refractivity contribution in [2.24, 2.45) is 50.2 Å². The highest BCUT2D eigenvalue weighted by atomic mass is 16.8. The van der Waals surface area contributed by atoms with E-state index in [1.54, 1.807) is 0 Å². The van der Waals surface area contributed by atoms with Gasteiger partial charge in [0.25, 0.3) is 0 Å². The molecule has 4 saturated carbocycles. The van der Waals surface area contributed by atoms with Crippen molar-refractivity contribution >= 4 is 11.9 Å². The molecule has 24 nitrogen and oxygen atoms in total. The maximum atomic E-state index is 13.3. The molecule has 9 aliphatic rings. The highest BCUT2D eigenvalue weighted by Gasteiger charge is 2.74. The standard InChI is InChI=1S/C54H87NO23/c1-22(57)55-32-35(62)41(78-47-38(65)36(63)34(61)27(18-56)74-47)28(21-73-45-39(66)40(26(59)20-71-45)77-46-37(64)33(60)25(58)19-72-46)75-44(32)76-31-12-13-51(6)29(50(31,4)5)11-14-52(7)30(51)10-9-23-24-17-49(2,3)15-16-54(24,48(69)70)43(68)42(67)53(23,52)8/h9,24-47,56,58-68H,10-21H2,1-8H3,(H,55,57)(H,69,70). The minimum atomic E-state index is -1.93. The lowest BCUT2D eigenvalue weighted by Gasteiger charge is -2.72. The van der Waals surface area contributed by atoms with E-state index in [9.17, 15) is 76.0 Å². The molecule has 0 aromatic rings. The Hall–Kier alpha value is -2.12. The van der Waals surface area contributed by atoms with Gasteiger partial charge in [0.15, 0.2) is 25.2 Å². The van der Waals surface area contributed by atoms with Gasteiger partial charge in [-0.1, -0.05) is 60.1 Å². The normalized spacial score (nSPS) is 52.8. The summed E-state index contributed by atoms with van der Waals surface area (Å²) in [6.07, 6.45) is -24.7. The van der Waals surface area contributed by atoms with Crippen LogP contribution < -0.4 is 5.32 Å². The van der Waals surface area contributed by atoms with Crippen LogP contribution in [0.15, 0.2) is 11.6 Å². The van der Waals surface area contributed by atoms with Crippen molar-refractivity contribution in [2.45, 2.75) is 236 Å². The van der Waals surface area contributed by atoms with Crippen LogP contribution in [0.25, 0.3) is 0 Å². The SMILES string of the molecule is CC(=O)NC1C(OC2CCC3(C)C(CCC4(C)C3CC=C3C5CC(C)(C)CCC5(C(=O)O)C(O)C(O)C34C)C2(C)C)OC(COC2OCC(O)C(OC3OCC(O)C(O)C3O)C2O)C(OC2OC(CO)C(O)C(O)C2O)C1O. The lowest BCUT2D eigenvalue weighted by molar-refractivity contribution is -0.364. The summed E-state index contributed by atoms with van der Waals surface area (Å²) in [5, 5.41) is 146. The Labute approximate surface area is 453 Å². The number of nitrogens with one attached hydrogen (secondary N) is 1. The molecule has 0 aromatic carbocycles. The van der Waals surface area contributed by atoms with Gasteiger partial charge in [-0.2, -0.15) is 0 Å². The smallest absolute Gasteiger partial charge is 0.313 e. The van der Waals surface area contributed by atoms with Gasteiger partial charge in [-0.3, -0.25) is 9.59 Å². The fourth-order valence-corrected chi connectivity index (χ4v) is 16.6. The van der Waals surface area contributed by atoms with Crippen LogP contribution in [0.4, 0.5) is 0 Å². The zero-order valence-electron chi connectivity index (χ0n) is 45.8. The molecule has 4 saturated heterocycles. The average Bonchev–Trinajstić information content (AvgIpc) is 1.94. The number of rotatable bonds is 12. The molecule has 4 aliphatic heterocycles. The Morgan fingerprint density at radius 3 is 1.96 bits per heavy atom. The van der Waals surface area contributed by atoms with E-state index in [1.807, 2.05) is 6.92 Å². The quantitative estimate of drug-likeness (QED) is 0.0735. The van der Waals surface area contributed by atoms with Crippen molar-refractivity contribution in [1.29, 1.82) is 0 Å². The first-order valence-corrected chi connectivity index (χ1v) is 27.8. The highest BCUT2D eigenvalue weighted by Crippen LogP contribution is 2.76. The third-order valence-electron chi connectivity index (χ3n) is 21.2. The summed E-state index contributed by atoms with van der Waals surface area (Å²) in [6.45, 7) is 13.9. The Morgan fingerprint density at radius 1 is 0.654 bits per heavy atom.